The SMILES string of the molecule is CS(=O)CCCNCC(C(N)=NO)C(F)(F)F. The second-order valence-corrected chi connectivity index (χ2v) is 5.01. The van der Waals surface area contributed by atoms with Gasteiger partial charge in [-0.15, -0.1) is 0 Å². The van der Waals surface area contributed by atoms with Gasteiger partial charge in [0.05, 0.1) is 0 Å². The van der Waals surface area contributed by atoms with E-state index in [1.54, 1.807) is 0 Å². The zero-order valence-corrected chi connectivity index (χ0v) is 10.1. The van der Waals surface area contributed by atoms with E-state index in [2.05, 4.69) is 10.5 Å². The summed E-state index contributed by atoms with van der Waals surface area (Å²) in [4.78, 5) is 0. The topological polar surface area (TPSA) is 87.7 Å². The number of oxime groups is 1. The Labute approximate surface area is 99.7 Å². The predicted octanol–water partition coefficient (Wildman–Crippen LogP) is 0.270. The van der Waals surface area contributed by atoms with Crippen LogP contribution in [-0.2, 0) is 10.8 Å². The van der Waals surface area contributed by atoms with Gasteiger partial charge in [0.1, 0.15) is 5.92 Å². The summed E-state index contributed by atoms with van der Waals surface area (Å²) in [6.45, 7) is -0.166. The highest BCUT2D eigenvalue weighted by molar-refractivity contribution is 7.84. The maximum Gasteiger partial charge on any atom is 0.400 e. The van der Waals surface area contributed by atoms with Crippen LogP contribution >= 0.6 is 0 Å². The first-order valence-corrected chi connectivity index (χ1v) is 6.56. The van der Waals surface area contributed by atoms with E-state index in [0.717, 1.165) is 0 Å². The van der Waals surface area contributed by atoms with Gasteiger partial charge in [-0.25, -0.2) is 0 Å². The third kappa shape index (κ3) is 7.16. The lowest BCUT2D eigenvalue weighted by Gasteiger charge is -2.19. The average Bonchev–Trinajstić information content (AvgIpc) is 2.20. The Hall–Kier alpha value is -0.830. The van der Waals surface area contributed by atoms with Crippen LogP contribution in [0.15, 0.2) is 5.16 Å². The Kier molecular flexibility index (Phi) is 7.12. The number of alkyl halides is 3. The van der Waals surface area contributed by atoms with E-state index in [1.807, 2.05) is 0 Å². The van der Waals surface area contributed by atoms with Crippen molar-refractivity contribution in [2.75, 3.05) is 25.1 Å². The minimum atomic E-state index is -4.56. The summed E-state index contributed by atoms with van der Waals surface area (Å²) in [6.07, 6.45) is -2.53. The van der Waals surface area contributed by atoms with E-state index in [0.29, 0.717) is 18.7 Å². The first-order valence-electron chi connectivity index (χ1n) is 4.84. The van der Waals surface area contributed by atoms with Crippen LogP contribution in [0.1, 0.15) is 6.42 Å². The fourth-order valence-electron chi connectivity index (χ4n) is 1.10. The standard InChI is InChI=1S/C8H16F3N3O2S/c1-17(16)4-2-3-13-5-6(7(12)14-15)8(9,10)11/h6,13,15H,2-5H2,1H3,(H2,12,14). The van der Waals surface area contributed by atoms with E-state index in [1.165, 1.54) is 6.26 Å². The van der Waals surface area contributed by atoms with Crippen LogP contribution in [0, 0.1) is 5.92 Å². The van der Waals surface area contributed by atoms with Crippen molar-refractivity contribution in [1.82, 2.24) is 5.32 Å². The Morgan fingerprint density at radius 2 is 2.18 bits per heavy atom. The zero-order valence-electron chi connectivity index (χ0n) is 9.33. The van der Waals surface area contributed by atoms with Gasteiger partial charge in [0.25, 0.3) is 0 Å². The second kappa shape index (κ2) is 7.49. The summed E-state index contributed by atoms with van der Waals surface area (Å²) >= 11 is 0. The first kappa shape index (κ1) is 16.2. The van der Waals surface area contributed by atoms with Crippen molar-refractivity contribution in [3.05, 3.63) is 0 Å². The van der Waals surface area contributed by atoms with Crippen LogP contribution in [0.25, 0.3) is 0 Å². The molecule has 2 unspecified atom stereocenters. The molecule has 0 spiro atoms. The first-order chi connectivity index (χ1) is 7.79. The van der Waals surface area contributed by atoms with Crippen molar-refractivity contribution in [2.24, 2.45) is 16.8 Å². The number of nitrogens with one attached hydrogen (secondary N) is 1. The Morgan fingerprint density at radius 1 is 1.59 bits per heavy atom. The summed E-state index contributed by atoms with van der Waals surface area (Å²) in [6, 6.07) is 0. The number of hydrogen-bond donors (Lipinski definition) is 3. The van der Waals surface area contributed by atoms with Gasteiger partial charge in [-0.1, -0.05) is 5.16 Å². The van der Waals surface area contributed by atoms with Gasteiger partial charge in [0, 0.05) is 29.4 Å². The number of nitrogens with two attached hydrogens (primary N) is 1. The summed E-state index contributed by atoms with van der Waals surface area (Å²) in [5, 5.41) is 13.1. The van der Waals surface area contributed by atoms with Crippen LogP contribution < -0.4 is 11.1 Å². The molecule has 5 nitrogen and oxygen atoms in total. The lowest BCUT2D eigenvalue weighted by molar-refractivity contribution is -0.154. The molecular weight excluding hydrogens is 259 g/mol. The minimum Gasteiger partial charge on any atom is -0.409 e. The maximum atomic E-state index is 12.4. The van der Waals surface area contributed by atoms with Crippen LogP contribution in [0.2, 0.25) is 0 Å². The van der Waals surface area contributed by atoms with Crippen LogP contribution in [0.5, 0.6) is 0 Å². The molecule has 0 saturated heterocycles. The van der Waals surface area contributed by atoms with Gasteiger partial charge >= 0.3 is 6.18 Å². The van der Waals surface area contributed by atoms with E-state index in [4.69, 9.17) is 10.9 Å². The highest BCUT2D eigenvalue weighted by Crippen LogP contribution is 2.25. The highest BCUT2D eigenvalue weighted by atomic mass is 32.2. The normalized spacial score (nSPS) is 16.8. The molecule has 0 aromatic rings. The molecule has 0 radical (unpaired) electrons. The molecule has 9 heteroatoms. The molecule has 0 aliphatic heterocycles. The third-order valence-corrected chi connectivity index (χ3v) is 2.87. The third-order valence-electron chi connectivity index (χ3n) is 2.00. The van der Waals surface area contributed by atoms with Crippen molar-refractivity contribution in [3.8, 4) is 0 Å². The molecule has 0 heterocycles. The summed E-state index contributed by atoms with van der Waals surface area (Å²) < 4.78 is 48.0. The molecule has 0 bridgehead atoms. The number of rotatable bonds is 7. The number of halogens is 3. The van der Waals surface area contributed by atoms with E-state index >= 15 is 0 Å². The van der Waals surface area contributed by atoms with Gasteiger partial charge < -0.3 is 16.3 Å². The monoisotopic (exact) mass is 275 g/mol. The Balaban J connectivity index is 4.07. The van der Waals surface area contributed by atoms with Crippen molar-refractivity contribution >= 4 is 16.6 Å². The quantitative estimate of drug-likeness (QED) is 0.205. The van der Waals surface area contributed by atoms with Gasteiger partial charge in [-0.2, -0.15) is 13.2 Å². The minimum absolute atomic E-state index is 0.296. The van der Waals surface area contributed by atoms with E-state index < -0.39 is 35.3 Å². The highest BCUT2D eigenvalue weighted by Gasteiger charge is 2.42. The molecule has 0 amide bonds. The second-order valence-electron chi connectivity index (χ2n) is 3.45. The Bertz CT molecular complexity index is 284. The smallest absolute Gasteiger partial charge is 0.400 e. The van der Waals surface area contributed by atoms with Crippen LogP contribution in [0.3, 0.4) is 0 Å². The van der Waals surface area contributed by atoms with Crippen LogP contribution in [-0.4, -0.2) is 46.5 Å². The summed E-state index contributed by atoms with van der Waals surface area (Å²) in [7, 11) is -0.958. The maximum absolute atomic E-state index is 12.4. The number of hydrogen-bond acceptors (Lipinski definition) is 4. The van der Waals surface area contributed by atoms with Crippen molar-refractivity contribution in [3.63, 3.8) is 0 Å². The molecule has 0 aliphatic rings. The predicted molar refractivity (Wildman–Crippen MR) is 59.4 cm³/mol. The van der Waals surface area contributed by atoms with Crippen LogP contribution in [0.4, 0.5) is 13.2 Å². The number of nitrogens with zero attached hydrogens (tertiary/aromatic N) is 1. The molecular formula is C8H16F3N3O2S. The zero-order chi connectivity index (χ0) is 13.5. The fourth-order valence-corrected chi connectivity index (χ4v) is 1.66. The molecule has 0 rings (SSSR count). The molecule has 2 atom stereocenters. The molecule has 0 saturated carbocycles. The van der Waals surface area contributed by atoms with Crippen molar-refractivity contribution in [2.45, 2.75) is 12.6 Å². The average molecular weight is 275 g/mol. The molecule has 4 N–H and O–H groups in total. The fraction of sp³-hybridized carbons (Fsp3) is 0.875. The van der Waals surface area contributed by atoms with Gasteiger partial charge in [-0.05, 0) is 13.0 Å². The van der Waals surface area contributed by atoms with Gasteiger partial charge in [0.2, 0.25) is 0 Å². The molecule has 102 valence electrons. The lowest BCUT2D eigenvalue weighted by Crippen LogP contribution is -2.43. The van der Waals surface area contributed by atoms with E-state index in [9.17, 15) is 17.4 Å². The molecule has 0 aromatic heterocycles. The van der Waals surface area contributed by atoms with Gasteiger partial charge in [-0.3, -0.25) is 4.21 Å². The molecule has 0 fully saturated rings. The number of amidine groups is 1. The van der Waals surface area contributed by atoms with Gasteiger partial charge in [0.15, 0.2) is 5.84 Å². The summed E-state index contributed by atoms with van der Waals surface area (Å²) in [5.74, 6) is -2.46. The molecule has 0 aliphatic carbocycles. The molecule has 17 heavy (non-hydrogen) atoms. The Morgan fingerprint density at radius 3 is 2.59 bits per heavy atom. The summed E-state index contributed by atoms with van der Waals surface area (Å²) in [5.41, 5.74) is 4.96. The van der Waals surface area contributed by atoms with Crippen molar-refractivity contribution in [1.29, 1.82) is 0 Å². The lowest BCUT2D eigenvalue weighted by atomic mass is 10.1. The largest absolute Gasteiger partial charge is 0.409 e. The van der Waals surface area contributed by atoms with Crippen molar-refractivity contribution < 1.29 is 22.6 Å². The molecule has 0 aromatic carbocycles. The van der Waals surface area contributed by atoms with E-state index in [-0.39, 0.29) is 0 Å².